The molecule has 1 amide bonds. The van der Waals surface area contributed by atoms with Crippen LogP contribution in [0, 0.1) is 17.0 Å². The summed E-state index contributed by atoms with van der Waals surface area (Å²) in [6, 6.07) is 2.30. The number of carbonyl (C=O) groups excluding carboxylic acids is 1. The molecule has 5 heteroatoms. The largest absolute Gasteiger partial charge is 0.369 e. The van der Waals surface area contributed by atoms with Gasteiger partial charge in [-0.3, -0.25) is 4.79 Å². The third-order valence-electron chi connectivity index (χ3n) is 2.75. The Labute approximate surface area is 98.8 Å². The number of hydrogen-bond donors (Lipinski definition) is 2. The normalized spacial score (nSPS) is 13.5. The van der Waals surface area contributed by atoms with E-state index in [2.05, 4.69) is 0 Å². The van der Waals surface area contributed by atoms with Crippen LogP contribution in [0.4, 0.5) is 8.78 Å². The van der Waals surface area contributed by atoms with Crippen LogP contribution >= 0.6 is 0 Å². The molecule has 3 nitrogen and oxygen atoms in total. The summed E-state index contributed by atoms with van der Waals surface area (Å²) in [6.45, 7) is 3.23. The number of nitrogens with two attached hydrogens (primary N) is 2. The molecule has 0 aromatic heterocycles. The molecule has 0 spiro atoms. The second kappa shape index (κ2) is 4.79. The highest BCUT2D eigenvalue weighted by molar-refractivity contribution is 5.79. The third-order valence-corrected chi connectivity index (χ3v) is 2.75. The van der Waals surface area contributed by atoms with Crippen LogP contribution in [0.5, 0.6) is 0 Å². The molecule has 1 unspecified atom stereocenters. The summed E-state index contributed by atoms with van der Waals surface area (Å²) in [5.41, 5.74) is 10.2. The molecule has 1 atom stereocenters. The zero-order valence-corrected chi connectivity index (χ0v) is 9.84. The molecule has 0 fully saturated rings. The van der Waals surface area contributed by atoms with Crippen LogP contribution in [0.3, 0.4) is 0 Å². The maximum Gasteiger partial charge on any atom is 0.223 e. The first-order valence-electron chi connectivity index (χ1n) is 5.24. The molecule has 17 heavy (non-hydrogen) atoms. The van der Waals surface area contributed by atoms with Crippen molar-refractivity contribution in [3.63, 3.8) is 0 Å². The van der Waals surface area contributed by atoms with Crippen LogP contribution in [-0.4, -0.2) is 5.91 Å². The van der Waals surface area contributed by atoms with Crippen molar-refractivity contribution >= 4 is 5.91 Å². The van der Waals surface area contributed by atoms with Crippen LogP contribution in [0.1, 0.15) is 31.9 Å². The van der Waals surface area contributed by atoms with Gasteiger partial charge in [-0.15, -0.1) is 0 Å². The first-order chi connectivity index (χ1) is 7.74. The fourth-order valence-corrected chi connectivity index (χ4v) is 1.56. The quantitative estimate of drug-likeness (QED) is 0.846. The predicted octanol–water partition coefficient (Wildman–Crippen LogP) is 1.87. The van der Waals surface area contributed by atoms with E-state index >= 15 is 0 Å². The molecule has 4 N–H and O–H groups in total. The number of halogens is 2. The molecular weight excluding hydrogens is 226 g/mol. The van der Waals surface area contributed by atoms with Crippen molar-refractivity contribution in [2.24, 2.45) is 16.9 Å². The number of hydrogen-bond acceptors (Lipinski definition) is 2. The van der Waals surface area contributed by atoms with Gasteiger partial charge >= 0.3 is 0 Å². The van der Waals surface area contributed by atoms with E-state index in [4.69, 9.17) is 11.5 Å². The average molecular weight is 242 g/mol. The van der Waals surface area contributed by atoms with Crippen LogP contribution < -0.4 is 11.5 Å². The molecule has 1 aromatic carbocycles. The van der Waals surface area contributed by atoms with Gasteiger partial charge in [0.15, 0.2) is 0 Å². The lowest BCUT2D eigenvalue weighted by Gasteiger charge is -2.24. The van der Waals surface area contributed by atoms with Gasteiger partial charge in [0.05, 0.1) is 0 Å². The van der Waals surface area contributed by atoms with Crippen molar-refractivity contribution < 1.29 is 13.6 Å². The molecular formula is C12H16F2N2O. The van der Waals surface area contributed by atoms with Gasteiger partial charge in [-0.2, -0.15) is 0 Å². The standard InChI is InChI=1S/C12H16F2N2O/c1-12(2,11(16)17)6-10(15)8-5-7(13)3-4-9(8)14/h3-5,10H,6,15H2,1-2H3,(H2,16,17). The SMILES string of the molecule is CC(C)(CC(N)c1cc(F)ccc1F)C(N)=O. The van der Waals surface area contributed by atoms with Gasteiger partial charge in [0, 0.05) is 17.0 Å². The summed E-state index contributed by atoms with van der Waals surface area (Å²) in [7, 11) is 0. The van der Waals surface area contributed by atoms with E-state index in [1.807, 2.05) is 0 Å². The molecule has 0 saturated heterocycles. The summed E-state index contributed by atoms with van der Waals surface area (Å²) < 4.78 is 26.4. The van der Waals surface area contributed by atoms with Crippen LogP contribution in [0.15, 0.2) is 18.2 Å². The Balaban J connectivity index is 2.94. The molecule has 0 bridgehead atoms. The molecule has 0 aliphatic heterocycles. The Bertz CT molecular complexity index is 433. The number of amides is 1. The first kappa shape index (κ1) is 13.6. The van der Waals surface area contributed by atoms with Gasteiger partial charge in [-0.1, -0.05) is 13.8 Å². The zero-order valence-electron chi connectivity index (χ0n) is 9.84. The van der Waals surface area contributed by atoms with Crippen molar-refractivity contribution in [2.75, 3.05) is 0 Å². The highest BCUT2D eigenvalue weighted by Crippen LogP contribution is 2.29. The van der Waals surface area contributed by atoms with Gasteiger partial charge in [-0.25, -0.2) is 8.78 Å². The lowest BCUT2D eigenvalue weighted by molar-refractivity contribution is -0.126. The minimum atomic E-state index is -0.863. The summed E-state index contributed by atoms with van der Waals surface area (Å²) in [4.78, 5) is 11.1. The smallest absolute Gasteiger partial charge is 0.223 e. The second-order valence-electron chi connectivity index (χ2n) is 4.72. The maximum absolute atomic E-state index is 13.4. The summed E-state index contributed by atoms with van der Waals surface area (Å²) >= 11 is 0. The minimum absolute atomic E-state index is 0.0549. The minimum Gasteiger partial charge on any atom is -0.369 e. The maximum atomic E-state index is 13.4. The summed E-state index contributed by atoms with van der Waals surface area (Å²) in [5, 5.41) is 0. The first-order valence-corrected chi connectivity index (χ1v) is 5.24. The Morgan fingerprint density at radius 3 is 2.53 bits per heavy atom. The van der Waals surface area contributed by atoms with E-state index in [9.17, 15) is 13.6 Å². The highest BCUT2D eigenvalue weighted by Gasteiger charge is 2.29. The molecule has 0 aliphatic rings. The van der Waals surface area contributed by atoms with Crippen LogP contribution in [-0.2, 0) is 4.79 Å². The molecule has 0 saturated carbocycles. The van der Waals surface area contributed by atoms with Gasteiger partial charge < -0.3 is 11.5 Å². The fraction of sp³-hybridized carbons (Fsp3) is 0.417. The molecule has 1 rings (SSSR count). The molecule has 94 valence electrons. The number of rotatable bonds is 4. The lowest BCUT2D eigenvalue weighted by atomic mass is 9.83. The second-order valence-corrected chi connectivity index (χ2v) is 4.72. The summed E-state index contributed by atoms with van der Waals surface area (Å²) in [5.74, 6) is -1.67. The Hall–Kier alpha value is -1.49. The Morgan fingerprint density at radius 2 is 2.00 bits per heavy atom. The third kappa shape index (κ3) is 3.23. The number of primary amides is 1. The Morgan fingerprint density at radius 1 is 1.41 bits per heavy atom. The van der Waals surface area contributed by atoms with Crippen molar-refractivity contribution in [1.29, 1.82) is 0 Å². The topological polar surface area (TPSA) is 69.1 Å². The van der Waals surface area contributed by atoms with E-state index in [0.717, 1.165) is 18.2 Å². The lowest BCUT2D eigenvalue weighted by Crippen LogP contribution is -2.34. The predicted molar refractivity (Wildman–Crippen MR) is 60.9 cm³/mol. The van der Waals surface area contributed by atoms with E-state index in [0.29, 0.717) is 0 Å². The molecule has 1 aromatic rings. The molecule has 0 aliphatic carbocycles. The van der Waals surface area contributed by atoms with E-state index in [-0.39, 0.29) is 12.0 Å². The van der Waals surface area contributed by atoms with E-state index < -0.39 is 29.0 Å². The number of carbonyl (C=O) groups is 1. The van der Waals surface area contributed by atoms with Crippen molar-refractivity contribution in [2.45, 2.75) is 26.3 Å². The van der Waals surface area contributed by atoms with E-state index in [1.54, 1.807) is 13.8 Å². The van der Waals surface area contributed by atoms with Gasteiger partial charge in [0.1, 0.15) is 11.6 Å². The van der Waals surface area contributed by atoms with Crippen molar-refractivity contribution in [3.8, 4) is 0 Å². The number of benzene rings is 1. The van der Waals surface area contributed by atoms with Crippen molar-refractivity contribution in [1.82, 2.24) is 0 Å². The van der Waals surface area contributed by atoms with Crippen LogP contribution in [0.25, 0.3) is 0 Å². The van der Waals surface area contributed by atoms with Gasteiger partial charge in [0.2, 0.25) is 5.91 Å². The highest BCUT2D eigenvalue weighted by atomic mass is 19.1. The van der Waals surface area contributed by atoms with Crippen LogP contribution in [0.2, 0.25) is 0 Å². The monoisotopic (exact) mass is 242 g/mol. The zero-order chi connectivity index (χ0) is 13.2. The van der Waals surface area contributed by atoms with Crippen molar-refractivity contribution in [3.05, 3.63) is 35.4 Å². The Kier molecular flexibility index (Phi) is 3.83. The molecule has 0 radical (unpaired) electrons. The fourth-order valence-electron chi connectivity index (χ4n) is 1.56. The van der Waals surface area contributed by atoms with Gasteiger partial charge in [-0.05, 0) is 24.6 Å². The molecule has 0 heterocycles. The average Bonchev–Trinajstić information content (AvgIpc) is 2.20. The van der Waals surface area contributed by atoms with Gasteiger partial charge in [0.25, 0.3) is 0 Å². The summed E-state index contributed by atoms with van der Waals surface area (Å²) in [6.07, 6.45) is 0.155. The van der Waals surface area contributed by atoms with E-state index in [1.165, 1.54) is 0 Å².